The molecule has 0 atom stereocenters. The maximum absolute atomic E-state index is 12.3. The molecule has 6 nitrogen and oxygen atoms in total. The van der Waals surface area contributed by atoms with Crippen LogP contribution in [-0.2, 0) is 19.4 Å². The number of carbonyl (C=O) groups is 2. The molecule has 1 fully saturated rings. The number of aliphatic carboxylic acids is 1. The van der Waals surface area contributed by atoms with Crippen LogP contribution in [0.4, 0.5) is 5.69 Å². The molecule has 0 heterocycles. The fraction of sp³-hybridized carbons (Fsp3) is 0.500. The number of carboxylic acids is 1. The van der Waals surface area contributed by atoms with Crippen LogP contribution in [0.5, 0.6) is 0 Å². The molecule has 1 aliphatic rings. The molecule has 0 aliphatic heterocycles. The van der Waals surface area contributed by atoms with E-state index in [4.69, 9.17) is 0 Å². The highest BCUT2D eigenvalue weighted by Gasteiger charge is 2.43. The van der Waals surface area contributed by atoms with E-state index < -0.39 is 27.1 Å². The van der Waals surface area contributed by atoms with Crippen molar-refractivity contribution in [3.8, 4) is 0 Å². The van der Waals surface area contributed by atoms with Crippen molar-refractivity contribution >= 4 is 27.4 Å². The lowest BCUT2D eigenvalue weighted by Crippen LogP contribution is -2.32. The van der Waals surface area contributed by atoms with Crippen molar-refractivity contribution < 1.29 is 23.1 Å². The Morgan fingerprint density at radius 2 is 1.87 bits per heavy atom. The van der Waals surface area contributed by atoms with Crippen LogP contribution >= 0.6 is 0 Å². The summed E-state index contributed by atoms with van der Waals surface area (Å²) in [6.45, 7) is 1.75. The molecule has 1 aliphatic carbocycles. The molecular formula is C16H21NO5S. The van der Waals surface area contributed by atoms with Gasteiger partial charge in [-0.2, -0.15) is 0 Å². The van der Waals surface area contributed by atoms with Crippen LogP contribution in [0.25, 0.3) is 0 Å². The molecule has 0 saturated heterocycles. The van der Waals surface area contributed by atoms with Crippen LogP contribution in [0.1, 0.15) is 37.7 Å². The zero-order chi connectivity index (χ0) is 17.3. The molecule has 0 radical (unpaired) electrons. The molecule has 0 bridgehead atoms. The van der Waals surface area contributed by atoms with Crippen LogP contribution < -0.4 is 5.32 Å². The van der Waals surface area contributed by atoms with Gasteiger partial charge < -0.3 is 10.4 Å². The third-order valence-corrected chi connectivity index (χ3v) is 5.53. The molecule has 2 N–H and O–H groups in total. The monoisotopic (exact) mass is 339 g/mol. The molecule has 0 unspecified atom stereocenters. The Bertz CT molecular complexity index is 733. The number of aryl methyl sites for hydroxylation is 1. The third-order valence-electron chi connectivity index (χ3n) is 4.42. The second-order valence-corrected chi connectivity index (χ2v) is 8.28. The summed E-state index contributed by atoms with van der Waals surface area (Å²) < 4.78 is 23.2. The van der Waals surface area contributed by atoms with Crippen molar-refractivity contribution in [2.75, 3.05) is 11.6 Å². The molecule has 126 valence electrons. The van der Waals surface area contributed by atoms with Crippen LogP contribution in [0.15, 0.2) is 23.1 Å². The molecule has 23 heavy (non-hydrogen) atoms. The lowest BCUT2D eigenvalue weighted by Gasteiger charge is -2.23. The average Bonchev–Trinajstić information content (AvgIpc) is 2.89. The molecule has 1 aromatic rings. The highest BCUT2D eigenvalue weighted by Crippen LogP contribution is 2.41. The Balaban J connectivity index is 2.19. The van der Waals surface area contributed by atoms with Gasteiger partial charge in [-0.05, 0) is 37.5 Å². The summed E-state index contributed by atoms with van der Waals surface area (Å²) in [6.07, 6.45) is 3.62. The summed E-state index contributed by atoms with van der Waals surface area (Å²) >= 11 is 0. The number of carboxylic acid groups (broad SMARTS) is 1. The number of anilines is 1. The Labute approximate surface area is 135 Å². The average molecular weight is 339 g/mol. The minimum absolute atomic E-state index is 0.0924. The van der Waals surface area contributed by atoms with E-state index in [1.807, 2.05) is 0 Å². The molecule has 0 aromatic heterocycles. The smallest absolute Gasteiger partial charge is 0.310 e. The number of benzene rings is 1. The van der Waals surface area contributed by atoms with Gasteiger partial charge in [-0.1, -0.05) is 18.9 Å². The molecule has 1 amide bonds. The van der Waals surface area contributed by atoms with Gasteiger partial charge in [0.15, 0.2) is 9.84 Å². The van der Waals surface area contributed by atoms with Gasteiger partial charge in [0.25, 0.3) is 0 Å². The van der Waals surface area contributed by atoms with Gasteiger partial charge in [-0.3, -0.25) is 9.59 Å². The number of nitrogens with one attached hydrogen (secondary N) is 1. The lowest BCUT2D eigenvalue weighted by atomic mass is 9.82. The zero-order valence-electron chi connectivity index (χ0n) is 13.3. The molecule has 0 spiro atoms. The lowest BCUT2D eigenvalue weighted by molar-refractivity contribution is -0.150. The number of hydrogen-bond donors (Lipinski definition) is 2. The zero-order valence-corrected chi connectivity index (χ0v) is 14.1. The van der Waals surface area contributed by atoms with Crippen molar-refractivity contribution in [1.29, 1.82) is 0 Å². The maximum atomic E-state index is 12.3. The minimum Gasteiger partial charge on any atom is -0.481 e. The number of amides is 1. The van der Waals surface area contributed by atoms with Gasteiger partial charge in [0, 0.05) is 18.4 Å². The van der Waals surface area contributed by atoms with E-state index >= 15 is 0 Å². The molecule has 7 heteroatoms. The Morgan fingerprint density at radius 3 is 2.39 bits per heavy atom. The largest absolute Gasteiger partial charge is 0.481 e. The van der Waals surface area contributed by atoms with Gasteiger partial charge in [0.2, 0.25) is 5.91 Å². The highest BCUT2D eigenvalue weighted by atomic mass is 32.2. The molecule has 1 saturated carbocycles. The van der Waals surface area contributed by atoms with Crippen LogP contribution in [0.2, 0.25) is 0 Å². The normalized spacial score (nSPS) is 17.0. The summed E-state index contributed by atoms with van der Waals surface area (Å²) in [5, 5.41) is 12.1. The predicted octanol–water partition coefficient (Wildman–Crippen LogP) is 2.37. The van der Waals surface area contributed by atoms with Crippen molar-refractivity contribution in [3.05, 3.63) is 23.8 Å². The standard InChI is InChI=1S/C16H21NO5S/c1-11-5-6-12(23(2,21)22)9-13(11)17-14(18)10-16(15(19)20)7-3-4-8-16/h5-6,9H,3-4,7-8,10H2,1-2H3,(H,17,18)(H,19,20). The maximum Gasteiger partial charge on any atom is 0.310 e. The van der Waals surface area contributed by atoms with Gasteiger partial charge in [0.05, 0.1) is 10.3 Å². The number of carbonyl (C=O) groups excluding carboxylic acids is 1. The topological polar surface area (TPSA) is 101 Å². The fourth-order valence-corrected chi connectivity index (χ4v) is 3.63. The van der Waals surface area contributed by atoms with E-state index in [1.165, 1.54) is 12.1 Å². The predicted molar refractivity (Wildman–Crippen MR) is 86.1 cm³/mol. The first-order valence-corrected chi connectivity index (χ1v) is 9.37. The Hall–Kier alpha value is -1.89. The molecule has 1 aromatic carbocycles. The second kappa shape index (κ2) is 6.31. The second-order valence-electron chi connectivity index (χ2n) is 6.27. The van der Waals surface area contributed by atoms with Crippen LogP contribution in [0, 0.1) is 12.3 Å². The van der Waals surface area contributed by atoms with E-state index in [2.05, 4.69) is 5.32 Å². The van der Waals surface area contributed by atoms with Crippen LogP contribution in [0.3, 0.4) is 0 Å². The summed E-state index contributed by atoms with van der Waals surface area (Å²) in [5.41, 5.74) is 0.130. The fourth-order valence-electron chi connectivity index (χ4n) is 2.99. The Kier molecular flexibility index (Phi) is 4.79. The van der Waals surface area contributed by atoms with Gasteiger partial charge in [-0.25, -0.2) is 8.42 Å². The number of rotatable bonds is 5. The van der Waals surface area contributed by atoms with Gasteiger partial charge in [-0.15, -0.1) is 0 Å². The summed E-state index contributed by atoms with van der Waals surface area (Å²) in [7, 11) is -3.37. The van der Waals surface area contributed by atoms with Gasteiger partial charge >= 0.3 is 5.97 Å². The number of hydrogen-bond acceptors (Lipinski definition) is 4. The summed E-state index contributed by atoms with van der Waals surface area (Å²) in [6, 6.07) is 4.51. The van der Waals surface area contributed by atoms with Crippen molar-refractivity contribution in [2.45, 2.75) is 43.9 Å². The number of sulfone groups is 1. The van der Waals surface area contributed by atoms with Gasteiger partial charge in [0.1, 0.15) is 0 Å². The van der Waals surface area contributed by atoms with Crippen molar-refractivity contribution in [3.63, 3.8) is 0 Å². The van der Waals surface area contributed by atoms with Crippen LogP contribution in [-0.4, -0.2) is 31.7 Å². The first-order chi connectivity index (χ1) is 10.6. The summed E-state index contributed by atoms with van der Waals surface area (Å²) in [5.74, 6) is -1.34. The van der Waals surface area contributed by atoms with E-state index in [-0.39, 0.29) is 11.3 Å². The van der Waals surface area contributed by atoms with E-state index in [1.54, 1.807) is 13.0 Å². The first kappa shape index (κ1) is 17.5. The summed E-state index contributed by atoms with van der Waals surface area (Å²) in [4.78, 5) is 23.9. The van der Waals surface area contributed by atoms with Crippen molar-refractivity contribution in [2.24, 2.45) is 5.41 Å². The molecule has 2 rings (SSSR count). The minimum atomic E-state index is -3.37. The SMILES string of the molecule is Cc1ccc(S(C)(=O)=O)cc1NC(=O)CC1(C(=O)O)CCCC1. The quantitative estimate of drug-likeness (QED) is 0.858. The van der Waals surface area contributed by atoms with E-state index in [0.29, 0.717) is 18.5 Å². The molecular weight excluding hydrogens is 318 g/mol. The Morgan fingerprint density at radius 1 is 1.26 bits per heavy atom. The van der Waals surface area contributed by atoms with E-state index in [9.17, 15) is 23.1 Å². The van der Waals surface area contributed by atoms with Crippen molar-refractivity contribution in [1.82, 2.24) is 0 Å². The highest BCUT2D eigenvalue weighted by molar-refractivity contribution is 7.90. The first-order valence-electron chi connectivity index (χ1n) is 7.48. The third kappa shape index (κ3) is 3.90. The van der Waals surface area contributed by atoms with E-state index in [0.717, 1.165) is 24.7 Å².